The van der Waals surface area contributed by atoms with Gasteiger partial charge in [0.15, 0.2) is 0 Å². The number of likely N-dealkylation sites (tertiary alicyclic amines) is 1. The van der Waals surface area contributed by atoms with E-state index in [0.29, 0.717) is 30.1 Å². The molecule has 0 aliphatic carbocycles. The zero-order valence-electron chi connectivity index (χ0n) is 12.8. The number of benzene rings is 1. The lowest BCUT2D eigenvalue weighted by atomic mass is 9.88. The van der Waals surface area contributed by atoms with Gasteiger partial charge >= 0.3 is 0 Å². The molecule has 1 aromatic rings. The van der Waals surface area contributed by atoms with Gasteiger partial charge in [-0.2, -0.15) is 0 Å². The molecule has 0 spiro atoms. The summed E-state index contributed by atoms with van der Waals surface area (Å²) in [5.74, 6) is -0.153. The van der Waals surface area contributed by atoms with Crippen molar-refractivity contribution >= 4 is 17.5 Å². The molecule has 3 N–H and O–H groups in total. The van der Waals surface area contributed by atoms with Gasteiger partial charge in [0.05, 0.1) is 0 Å². The molecule has 0 saturated carbocycles. The van der Waals surface area contributed by atoms with E-state index in [9.17, 15) is 15.0 Å². The zero-order valence-corrected chi connectivity index (χ0v) is 13.5. The average molecular weight is 327 g/mol. The van der Waals surface area contributed by atoms with Crippen molar-refractivity contribution in [1.82, 2.24) is 10.2 Å². The number of hydrogen-bond donors (Lipinski definition) is 3. The van der Waals surface area contributed by atoms with Crippen molar-refractivity contribution in [3.8, 4) is 0 Å². The number of carbonyl (C=O) groups excluding carboxylic acids is 1. The number of aliphatic hydroxyl groups excluding tert-OH is 1. The predicted molar refractivity (Wildman–Crippen MR) is 86.1 cm³/mol. The lowest BCUT2D eigenvalue weighted by molar-refractivity contribution is -0.110. The third-order valence-electron chi connectivity index (χ3n) is 4.06. The summed E-state index contributed by atoms with van der Waals surface area (Å²) in [6.45, 7) is 3.73. The molecule has 22 heavy (non-hydrogen) atoms. The van der Waals surface area contributed by atoms with Crippen LogP contribution in [0.25, 0.3) is 0 Å². The molecule has 0 unspecified atom stereocenters. The standard InChI is InChI=1S/C16H23ClN2O3/c1-2-8-18-11-16(22)7-9-19(10-14(16)20)15(21)12-3-5-13(17)6-4-12/h3-6,14,18,20,22H,2,7-11H2,1H3/t14-,16-/m0/s1. The van der Waals surface area contributed by atoms with Gasteiger partial charge in [-0.25, -0.2) is 0 Å². The lowest BCUT2D eigenvalue weighted by Crippen LogP contribution is -2.60. The van der Waals surface area contributed by atoms with Crippen LogP contribution in [-0.2, 0) is 0 Å². The Morgan fingerprint density at radius 2 is 2.14 bits per heavy atom. The minimum Gasteiger partial charge on any atom is -0.388 e. The normalized spacial score (nSPS) is 25.3. The molecular weight excluding hydrogens is 304 g/mol. The molecule has 1 fully saturated rings. The van der Waals surface area contributed by atoms with E-state index in [1.54, 1.807) is 29.2 Å². The molecular formula is C16H23ClN2O3. The molecule has 0 aromatic heterocycles. The zero-order chi connectivity index (χ0) is 16.2. The lowest BCUT2D eigenvalue weighted by Gasteiger charge is -2.42. The molecule has 0 bridgehead atoms. The number of rotatable bonds is 5. The summed E-state index contributed by atoms with van der Waals surface area (Å²) in [4.78, 5) is 14.0. The SMILES string of the molecule is CCCNC[C@@]1(O)CCN(C(=O)c2ccc(Cl)cc2)C[C@@H]1O. The first kappa shape index (κ1) is 17.2. The van der Waals surface area contributed by atoms with E-state index < -0.39 is 11.7 Å². The van der Waals surface area contributed by atoms with Crippen molar-refractivity contribution in [3.63, 3.8) is 0 Å². The second-order valence-corrected chi connectivity index (χ2v) is 6.24. The van der Waals surface area contributed by atoms with Crippen LogP contribution in [0.3, 0.4) is 0 Å². The quantitative estimate of drug-likeness (QED) is 0.713. The predicted octanol–water partition coefficient (Wildman–Crippen LogP) is 1.28. The molecule has 5 nitrogen and oxygen atoms in total. The van der Waals surface area contributed by atoms with Crippen LogP contribution in [-0.4, -0.2) is 58.9 Å². The van der Waals surface area contributed by atoms with Gasteiger partial charge in [0, 0.05) is 30.2 Å². The molecule has 1 saturated heterocycles. The van der Waals surface area contributed by atoms with Gasteiger partial charge in [-0.1, -0.05) is 18.5 Å². The Hall–Kier alpha value is -1.14. The van der Waals surface area contributed by atoms with Crippen LogP contribution in [0.2, 0.25) is 5.02 Å². The number of carbonyl (C=O) groups is 1. The Morgan fingerprint density at radius 1 is 1.45 bits per heavy atom. The Kier molecular flexibility index (Phi) is 5.81. The Balaban J connectivity index is 1.97. The fraction of sp³-hybridized carbons (Fsp3) is 0.562. The maximum atomic E-state index is 12.4. The minimum atomic E-state index is -1.17. The van der Waals surface area contributed by atoms with E-state index >= 15 is 0 Å². The van der Waals surface area contributed by atoms with Crippen molar-refractivity contribution in [3.05, 3.63) is 34.9 Å². The first-order valence-corrected chi connectivity index (χ1v) is 8.00. The van der Waals surface area contributed by atoms with Crippen LogP contribution in [0.1, 0.15) is 30.1 Å². The van der Waals surface area contributed by atoms with Crippen LogP contribution >= 0.6 is 11.6 Å². The van der Waals surface area contributed by atoms with E-state index in [0.717, 1.165) is 13.0 Å². The number of halogens is 1. The fourth-order valence-corrected chi connectivity index (χ4v) is 2.74. The van der Waals surface area contributed by atoms with E-state index in [-0.39, 0.29) is 12.5 Å². The summed E-state index contributed by atoms with van der Waals surface area (Å²) in [6, 6.07) is 6.67. The largest absolute Gasteiger partial charge is 0.388 e. The summed E-state index contributed by atoms with van der Waals surface area (Å²) in [6.07, 6.45) is 0.360. The third-order valence-corrected chi connectivity index (χ3v) is 4.32. The fourth-order valence-electron chi connectivity index (χ4n) is 2.61. The van der Waals surface area contributed by atoms with Gasteiger partial charge in [-0.05, 0) is 43.7 Å². The topological polar surface area (TPSA) is 72.8 Å². The number of piperidine rings is 1. The van der Waals surface area contributed by atoms with Gasteiger partial charge in [-0.15, -0.1) is 0 Å². The molecule has 122 valence electrons. The summed E-state index contributed by atoms with van der Waals surface area (Å²) in [5, 5.41) is 24.4. The second-order valence-electron chi connectivity index (χ2n) is 5.80. The highest BCUT2D eigenvalue weighted by atomic mass is 35.5. The highest BCUT2D eigenvalue weighted by molar-refractivity contribution is 6.30. The molecule has 2 rings (SSSR count). The average Bonchev–Trinajstić information content (AvgIpc) is 2.51. The van der Waals surface area contributed by atoms with Crippen molar-refractivity contribution < 1.29 is 15.0 Å². The summed E-state index contributed by atoms with van der Waals surface area (Å²) >= 11 is 5.82. The van der Waals surface area contributed by atoms with Gasteiger partial charge in [0.2, 0.25) is 0 Å². The van der Waals surface area contributed by atoms with Crippen LogP contribution in [0.15, 0.2) is 24.3 Å². The number of nitrogens with one attached hydrogen (secondary N) is 1. The van der Waals surface area contributed by atoms with E-state index in [1.807, 2.05) is 6.92 Å². The first-order valence-electron chi connectivity index (χ1n) is 7.62. The van der Waals surface area contributed by atoms with Gasteiger partial charge in [0.1, 0.15) is 11.7 Å². The van der Waals surface area contributed by atoms with E-state index in [4.69, 9.17) is 11.6 Å². The van der Waals surface area contributed by atoms with Crippen LogP contribution < -0.4 is 5.32 Å². The maximum Gasteiger partial charge on any atom is 0.253 e. The highest BCUT2D eigenvalue weighted by Crippen LogP contribution is 2.24. The number of hydrogen-bond acceptors (Lipinski definition) is 4. The number of β-amino-alcohol motifs (C(OH)–C–C–N with tert-alkyl or cyclic N) is 1. The Bertz CT molecular complexity index is 509. The van der Waals surface area contributed by atoms with Crippen LogP contribution in [0.4, 0.5) is 0 Å². The molecule has 1 heterocycles. The summed E-state index contributed by atoms with van der Waals surface area (Å²) in [7, 11) is 0. The number of nitrogens with zero attached hydrogens (tertiary/aromatic N) is 1. The van der Waals surface area contributed by atoms with Crippen LogP contribution in [0.5, 0.6) is 0 Å². The third kappa shape index (κ3) is 3.98. The van der Waals surface area contributed by atoms with Gasteiger partial charge < -0.3 is 20.4 Å². The molecule has 6 heteroatoms. The molecule has 2 atom stereocenters. The first-order chi connectivity index (χ1) is 10.5. The van der Waals surface area contributed by atoms with E-state index in [1.165, 1.54) is 0 Å². The highest BCUT2D eigenvalue weighted by Gasteiger charge is 2.41. The molecule has 1 amide bonds. The van der Waals surface area contributed by atoms with Crippen molar-refractivity contribution in [1.29, 1.82) is 0 Å². The second kappa shape index (κ2) is 7.42. The smallest absolute Gasteiger partial charge is 0.253 e. The molecule has 0 radical (unpaired) electrons. The summed E-state index contributed by atoms with van der Waals surface area (Å²) in [5.41, 5.74) is -0.641. The van der Waals surface area contributed by atoms with Crippen LogP contribution in [0, 0.1) is 0 Å². The Labute approximate surface area is 135 Å². The summed E-state index contributed by atoms with van der Waals surface area (Å²) < 4.78 is 0. The van der Waals surface area contributed by atoms with Crippen molar-refractivity contribution in [2.75, 3.05) is 26.2 Å². The van der Waals surface area contributed by atoms with Gasteiger partial charge in [0.25, 0.3) is 5.91 Å². The molecule has 1 aliphatic rings. The molecule has 1 aliphatic heterocycles. The number of amides is 1. The van der Waals surface area contributed by atoms with Crippen molar-refractivity contribution in [2.45, 2.75) is 31.5 Å². The Morgan fingerprint density at radius 3 is 2.73 bits per heavy atom. The van der Waals surface area contributed by atoms with E-state index in [2.05, 4.69) is 5.32 Å². The number of aliphatic hydroxyl groups is 2. The maximum absolute atomic E-state index is 12.4. The van der Waals surface area contributed by atoms with Crippen molar-refractivity contribution in [2.24, 2.45) is 0 Å². The van der Waals surface area contributed by atoms with Gasteiger partial charge in [-0.3, -0.25) is 4.79 Å². The monoisotopic (exact) mass is 326 g/mol. The minimum absolute atomic E-state index is 0.131. The molecule has 1 aromatic carbocycles.